The second-order valence-electron chi connectivity index (χ2n) is 5.84. The Labute approximate surface area is 151 Å². The number of amides is 2. The molecule has 0 unspecified atom stereocenters. The molecule has 0 spiro atoms. The summed E-state index contributed by atoms with van der Waals surface area (Å²) >= 11 is 0. The van der Waals surface area contributed by atoms with Gasteiger partial charge in [0.25, 0.3) is 5.91 Å². The maximum atomic E-state index is 12.8. The first-order valence-corrected chi connectivity index (χ1v) is 9.51. The highest BCUT2D eigenvalue weighted by Gasteiger charge is 2.29. The zero-order valence-corrected chi connectivity index (χ0v) is 15.2. The fourth-order valence-electron chi connectivity index (χ4n) is 2.58. The molecule has 0 atom stereocenters. The van der Waals surface area contributed by atoms with E-state index in [1.165, 1.54) is 35.5 Å². The van der Waals surface area contributed by atoms with Gasteiger partial charge in [-0.2, -0.15) is 4.31 Å². The number of carbonyl (C=O) groups is 3. The number of benzene rings is 1. The van der Waals surface area contributed by atoms with E-state index in [1.807, 2.05) is 0 Å². The summed E-state index contributed by atoms with van der Waals surface area (Å²) in [5.74, 6) is -1.67. The molecule has 26 heavy (non-hydrogen) atoms. The van der Waals surface area contributed by atoms with Crippen molar-refractivity contribution in [2.24, 2.45) is 0 Å². The molecular formula is C16H21N3O6S. The third-order valence-electron chi connectivity index (χ3n) is 4.04. The average molecular weight is 383 g/mol. The smallest absolute Gasteiger partial charge is 0.305 e. The summed E-state index contributed by atoms with van der Waals surface area (Å²) in [7, 11) is -3.78. The highest BCUT2D eigenvalue weighted by Crippen LogP contribution is 2.19. The van der Waals surface area contributed by atoms with Crippen LogP contribution in [-0.4, -0.2) is 73.2 Å². The van der Waals surface area contributed by atoms with Crippen LogP contribution in [0.5, 0.6) is 0 Å². The first-order chi connectivity index (χ1) is 12.2. The summed E-state index contributed by atoms with van der Waals surface area (Å²) in [6.07, 6.45) is -0.218. The van der Waals surface area contributed by atoms with E-state index < -0.39 is 21.9 Å². The van der Waals surface area contributed by atoms with Gasteiger partial charge in [0.05, 0.1) is 11.3 Å². The number of piperazine rings is 1. The Morgan fingerprint density at radius 1 is 1.15 bits per heavy atom. The fourth-order valence-corrected chi connectivity index (χ4v) is 4.04. The minimum atomic E-state index is -3.78. The van der Waals surface area contributed by atoms with Crippen LogP contribution in [-0.2, 0) is 19.6 Å². The summed E-state index contributed by atoms with van der Waals surface area (Å²) in [5, 5.41) is 11.0. The predicted molar refractivity (Wildman–Crippen MR) is 92.0 cm³/mol. The van der Waals surface area contributed by atoms with Gasteiger partial charge in [0.2, 0.25) is 15.9 Å². The van der Waals surface area contributed by atoms with E-state index in [1.54, 1.807) is 4.90 Å². The molecular weight excluding hydrogens is 362 g/mol. The fraction of sp³-hybridized carbons (Fsp3) is 0.438. The van der Waals surface area contributed by atoms with Crippen molar-refractivity contribution in [3.05, 3.63) is 29.8 Å². The highest BCUT2D eigenvalue weighted by molar-refractivity contribution is 7.89. The SMILES string of the molecule is CC(=O)N1CCN(S(=O)(=O)c2cccc(C(=O)NCCC(=O)O)c2)CC1. The van der Waals surface area contributed by atoms with Crippen LogP contribution >= 0.6 is 0 Å². The lowest BCUT2D eigenvalue weighted by atomic mass is 10.2. The Kier molecular flexibility index (Phi) is 6.32. The van der Waals surface area contributed by atoms with Gasteiger partial charge in [-0.1, -0.05) is 6.07 Å². The molecule has 0 bridgehead atoms. The van der Waals surface area contributed by atoms with Gasteiger partial charge in [-0.15, -0.1) is 0 Å². The number of sulfonamides is 1. The molecule has 0 aromatic heterocycles. The predicted octanol–water partition coefficient (Wildman–Crippen LogP) is -0.256. The summed E-state index contributed by atoms with van der Waals surface area (Å²) < 4.78 is 26.8. The molecule has 2 amide bonds. The molecule has 1 aromatic rings. The number of nitrogens with one attached hydrogen (secondary N) is 1. The van der Waals surface area contributed by atoms with E-state index >= 15 is 0 Å². The van der Waals surface area contributed by atoms with Crippen LogP contribution in [0.25, 0.3) is 0 Å². The minimum Gasteiger partial charge on any atom is -0.481 e. The first-order valence-electron chi connectivity index (χ1n) is 8.07. The van der Waals surface area contributed by atoms with Crippen molar-refractivity contribution >= 4 is 27.8 Å². The lowest BCUT2D eigenvalue weighted by Gasteiger charge is -2.33. The Morgan fingerprint density at radius 3 is 2.38 bits per heavy atom. The largest absolute Gasteiger partial charge is 0.481 e. The topological polar surface area (TPSA) is 124 Å². The van der Waals surface area contributed by atoms with Crippen LogP contribution < -0.4 is 5.32 Å². The standard InChI is InChI=1S/C16H21N3O6S/c1-12(20)18-7-9-19(10-8-18)26(24,25)14-4-2-3-13(11-14)16(23)17-6-5-15(21)22/h2-4,11H,5-10H2,1H3,(H,17,23)(H,21,22). The lowest BCUT2D eigenvalue weighted by molar-refractivity contribution is -0.136. The average Bonchev–Trinajstić information content (AvgIpc) is 2.61. The van der Waals surface area contributed by atoms with Crippen LogP contribution in [0, 0.1) is 0 Å². The lowest BCUT2D eigenvalue weighted by Crippen LogP contribution is -2.49. The van der Waals surface area contributed by atoms with Gasteiger partial charge in [-0.25, -0.2) is 8.42 Å². The van der Waals surface area contributed by atoms with E-state index in [9.17, 15) is 22.8 Å². The van der Waals surface area contributed by atoms with Gasteiger partial charge in [0, 0.05) is 45.2 Å². The van der Waals surface area contributed by atoms with Gasteiger partial charge >= 0.3 is 5.97 Å². The molecule has 10 heteroatoms. The number of hydrogen-bond acceptors (Lipinski definition) is 5. The molecule has 0 aliphatic carbocycles. The summed E-state index contributed by atoms with van der Waals surface area (Å²) in [6, 6.07) is 5.59. The zero-order valence-electron chi connectivity index (χ0n) is 14.3. The quantitative estimate of drug-likeness (QED) is 0.698. The van der Waals surface area contributed by atoms with Crippen molar-refractivity contribution in [3.8, 4) is 0 Å². The van der Waals surface area contributed by atoms with Crippen LogP contribution in [0.15, 0.2) is 29.2 Å². The Balaban J connectivity index is 2.09. The molecule has 1 heterocycles. The second kappa shape index (κ2) is 8.28. The molecule has 0 saturated carbocycles. The van der Waals surface area contributed by atoms with Crippen molar-refractivity contribution < 1.29 is 27.9 Å². The number of carboxylic acid groups (broad SMARTS) is 1. The maximum absolute atomic E-state index is 12.8. The normalized spacial score (nSPS) is 15.5. The Hall–Kier alpha value is -2.46. The molecule has 1 aliphatic heterocycles. The van der Waals surface area contributed by atoms with Crippen molar-refractivity contribution in [3.63, 3.8) is 0 Å². The maximum Gasteiger partial charge on any atom is 0.305 e. The Bertz CT molecular complexity index is 800. The number of aliphatic carboxylic acids is 1. The van der Waals surface area contributed by atoms with Gasteiger partial charge in [-0.05, 0) is 18.2 Å². The molecule has 2 N–H and O–H groups in total. The molecule has 1 aromatic carbocycles. The van der Waals surface area contributed by atoms with Gasteiger partial charge in [0.15, 0.2) is 0 Å². The number of hydrogen-bond donors (Lipinski definition) is 2. The molecule has 1 saturated heterocycles. The highest BCUT2D eigenvalue weighted by atomic mass is 32.2. The summed E-state index contributed by atoms with van der Waals surface area (Å²) in [4.78, 5) is 35.4. The monoisotopic (exact) mass is 383 g/mol. The molecule has 9 nitrogen and oxygen atoms in total. The van der Waals surface area contributed by atoms with Gasteiger partial charge in [-0.3, -0.25) is 14.4 Å². The van der Waals surface area contributed by atoms with E-state index in [2.05, 4.69) is 5.32 Å². The van der Waals surface area contributed by atoms with Crippen molar-refractivity contribution in [2.75, 3.05) is 32.7 Å². The molecule has 0 radical (unpaired) electrons. The van der Waals surface area contributed by atoms with Crippen molar-refractivity contribution in [1.29, 1.82) is 0 Å². The van der Waals surface area contributed by atoms with E-state index in [4.69, 9.17) is 5.11 Å². The minimum absolute atomic E-state index is 0.0142. The number of rotatable bonds is 6. The van der Waals surface area contributed by atoms with Crippen LogP contribution in [0.2, 0.25) is 0 Å². The molecule has 1 aliphatic rings. The van der Waals surface area contributed by atoms with Crippen molar-refractivity contribution in [1.82, 2.24) is 14.5 Å². The van der Waals surface area contributed by atoms with Crippen molar-refractivity contribution in [2.45, 2.75) is 18.2 Å². The van der Waals surface area contributed by atoms with E-state index in [-0.39, 0.29) is 42.4 Å². The summed E-state index contributed by atoms with van der Waals surface area (Å²) in [6.45, 7) is 2.43. The summed E-state index contributed by atoms with van der Waals surface area (Å²) in [5.41, 5.74) is 0.138. The Morgan fingerprint density at radius 2 is 1.81 bits per heavy atom. The van der Waals surface area contributed by atoms with Gasteiger partial charge in [0.1, 0.15) is 0 Å². The molecule has 2 rings (SSSR count). The molecule has 142 valence electrons. The third kappa shape index (κ3) is 4.79. The first kappa shape index (κ1) is 19.9. The van der Waals surface area contributed by atoms with E-state index in [0.717, 1.165) is 0 Å². The number of carbonyl (C=O) groups excluding carboxylic acids is 2. The van der Waals surface area contributed by atoms with Crippen LogP contribution in [0.1, 0.15) is 23.7 Å². The number of nitrogens with zero attached hydrogens (tertiary/aromatic N) is 2. The molecule has 1 fully saturated rings. The van der Waals surface area contributed by atoms with Gasteiger partial charge < -0.3 is 15.3 Å². The third-order valence-corrected chi connectivity index (χ3v) is 5.94. The van der Waals surface area contributed by atoms with E-state index in [0.29, 0.717) is 13.1 Å². The number of carboxylic acids is 1. The van der Waals surface area contributed by atoms with Crippen LogP contribution in [0.3, 0.4) is 0 Å². The van der Waals surface area contributed by atoms with Crippen LogP contribution in [0.4, 0.5) is 0 Å². The zero-order chi connectivity index (χ0) is 19.3. The second-order valence-corrected chi connectivity index (χ2v) is 7.78.